The Balaban J connectivity index is 1.61. The Kier molecular flexibility index (Phi) is 6.96. The topological polar surface area (TPSA) is 65.4 Å². The molecule has 2 aromatic rings. The quantitative estimate of drug-likeness (QED) is 0.588. The van der Waals surface area contributed by atoms with Crippen LogP contribution < -0.4 is 0 Å². The van der Waals surface area contributed by atoms with Gasteiger partial charge >= 0.3 is 0 Å². The number of hydrogen-bond donors (Lipinski definition) is 1. The van der Waals surface area contributed by atoms with E-state index in [0.29, 0.717) is 6.04 Å². The smallest absolute Gasteiger partial charge is 0.187 e. The van der Waals surface area contributed by atoms with Gasteiger partial charge in [0.2, 0.25) is 0 Å². The van der Waals surface area contributed by atoms with Gasteiger partial charge < -0.3 is 5.11 Å². The van der Waals surface area contributed by atoms with Crippen molar-refractivity contribution < 1.29 is 5.11 Å². The monoisotopic (exact) mass is 373 g/mol. The van der Waals surface area contributed by atoms with Gasteiger partial charge in [-0.3, -0.25) is 14.8 Å². The van der Waals surface area contributed by atoms with Gasteiger partial charge in [-0.15, -0.1) is 0 Å². The van der Waals surface area contributed by atoms with Gasteiger partial charge in [0, 0.05) is 69.0 Å². The molecule has 0 aliphatic carbocycles. The molecule has 3 rings (SSSR count). The van der Waals surface area contributed by atoms with E-state index < -0.39 is 0 Å². The number of aromatic nitrogens is 3. The highest BCUT2D eigenvalue weighted by Gasteiger charge is 2.27. The van der Waals surface area contributed by atoms with Gasteiger partial charge in [0.25, 0.3) is 0 Å². The third-order valence-electron chi connectivity index (χ3n) is 4.73. The maximum absolute atomic E-state index is 9.50. The number of aliphatic hydroxyl groups is 1. The van der Waals surface area contributed by atoms with Crippen molar-refractivity contribution >= 4 is 11.8 Å². The number of pyridine rings is 1. The normalized spacial score (nSPS) is 19.0. The summed E-state index contributed by atoms with van der Waals surface area (Å²) < 4.78 is 0. The number of nitrogens with zero attached hydrogens (tertiary/aromatic N) is 5. The summed E-state index contributed by atoms with van der Waals surface area (Å²) in [5.74, 6) is 0. The van der Waals surface area contributed by atoms with Crippen molar-refractivity contribution in [3.05, 3.63) is 47.5 Å². The predicted octanol–water partition coefficient (Wildman–Crippen LogP) is 1.97. The zero-order valence-corrected chi connectivity index (χ0v) is 16.3. The summed E-state index contributed by atoms with van der Waals surface area (Å²) in [5.41, 5.74) is 3.29. The fourth-order valence-electron chi connectivity index (χ4n) is 3.42. The minimum Gasteiger partial charge on any atom is -0.396 e. The van der Waals surface area contributed by atoms with E-state index in [4.69, 9.17) is 0 Å². The van der Waals surface area contributed by atoms with Crippen LogP contribution in [0.15, 0.2) is 35.7 Å². The molecule has 1 unspecified atom stereocenters. The van der Waals surface area contributed by atoms with Crippen LogP contribution in [0.5, 0.6) is 0 Å². The van der Waals surface area contributed by atoms with Crippen LogP contribution in [0.4, 0.5) is 0 Å². The summed E-state index contributed by atoms with van der Waals surface area (Å²) in [5, 5.41) is 10.3. The fraction of sp³-hybridized carbons (Fsp3) is 0.526. The molecule has 0 amide bonds. The molecular formula is C19H27N5OS. The first-order valence-corrected chi connectivity index (χ1v) is 10.2. The zero-order valence-electron chi connectivity index (χ0n) is 15.5. The van der Waals surface area contributed by atoms with Crippen molar-refractivity contribution in [1.82, 2.24) is 24.8 Å². The van der Waals surface area contributed by atoms with E-state index in [1.165, 1.54) is 0 Å². The van der Waals surface area contributed by atoms with Crippen LogP contribution in [-0.2, 0) is 13.1 Å². The highest BCUT2D eigenvalue weighted by Crippen LogP contribution is 2.18. The molecule has 1 fully saturated rings. The van der Waals surface area contributed by atoms with Gasteiger partial charge in [0.15, 0.2) is 5.16 Å². The Morgan fingerprint density at radius 2 is 2.00 bits per heavy atom. The zero-order chi connectivity index (χ0) is 18.4. The average molecular weight is 374 g/mol. The minimum absolute atomic E-state index is 0.210. The first-order valence-electron chi connectivity index (χ1n) is 9.02. The maximum Gasteiger partial charge on any atom is 0.187 e. The van der Waals surface area contributed by atoms with Crippen LogP contribution in [0, 0.1) is 6.92 Å². The van der Waals surface area contributed by atoms with E-state index in [0.717, 1.165) is 61.3 Å². The van der Waals surface area contributed by atoms with Crippen molar-refractivity contribution in [2.24, 2.45) is 0 Å². The molecule has 1 N–H and O–H groups in total. The molecule has 26 heavy (non-hydrogen) atoms. The largest absolute Gasteiger partial charge is 0.396 e. The van der Waals surface area contributed by atoms with Crippen molar-refractivity contribution in [3.63, 3.8) is 0 Å². The van der Waals surface area contributed by atoms with Crippen molar-refractivity contribution in [2.45, 2.75) is 37.6 Å². The molecule has 0 bridgehead atoms. The first-order chi connectivity index (χ1) is 12.7. The van der Waals surface area contributed by atoms with Crippen LogP contribution in [0.3, 0.4) is 0 Å². The molecule has 1 aliphatic rings. The van der Waals surface area contributed by atoms with Crippen LogP contribution in [0.2, 0.25) is 0 Å². The lowest BCUT2D eigenvalue weighted by Gasteiger charge is -2.41. The lowest BCUT2D eigenvalue weighted by molar-refractivity contribution is 0.0490. The molecule has 3 heterocycles. The Labute approximate surface area is 159 Å². The maximum atomic E-state index is 9.50. The van der Waals surface area contributed by atoms with Crippen LogP contribution in [0.1, 0.15) is 23.4 Å². The molecule has 6 nitrogen and oxygen atoms in total. The standard InChI is InChI=1S/C19H27N5OS/c1-15-4-3-5-17(22-15)13-24-8-7-23(14-18(24)6-9-25)12-16-10-20-19(26-2)21-11-16/h3-5,10-11,18,25H,6-9,12-14H2,1-2H3. The highest BCUT2D eigenvalue weighted by atomic mass is 32.2. The van der Waals surface area contributed by atoms with Crippen LogP contribution in [-0.4, -0.2) is 68.4 Å². The summed E-state index contributed by atoms with van der Waals surface area (Å²) in [6.07, 6.45) is 6.60. The van der Waals surface area contributed by atoms with Gasteiger partial charge in [-0.1, -0.05) is 17.8 Å². The van der Waals surface area contributed by atoms with Crippen molar-refractivity contribution in [2.75, 3.05) is 32.5 Å². The van der Waals surface area contributed by atoms with Gasteiger partial charge in [-0.25, -0.2) is 9.97 Å². The summed E-state index contributed by atoms with van der Waals surface area (Å²) in [4.78, 5) is 18.2. The van der Waals surface area contributed by atoms with E-state index in [1.807, 2.05) is 31.6 Å². The van der Waals surface area contributed by atoms with Gasteiger partial charge in [0.1, 0.15) is 0 Å². The number of hydrogen-bond acceptors (Lipinski definition) is 7. The number of thioether (sulfide) groups is 1. The van der Waals surface area contributed by atoms with E-state index in [1.54, 1.807) is 11.8 Å². The molecule has 0 radical (unpaired) electrons. The minimum atomic E-state index is 0.210. The molecule has 140 valence electrons. The Morgan fingerprint density at radius 1 is 1.19 bits per heavy atom. The number of piperazine rings is 1. The lowest BCUT2D eigenvalue weighted by Crippen LogP contribution is -2.52. The molecule has 0 spiro atoms. The Morgan fingerprint density at radius 3 is 2.69 bits per heavy atom. The molecule has 0 saturated carbocycles. The molecule has 7 heteroatoms. The van der Waals surface area contributed by atoms with E-state index in [-0.39, 0.29) is 6.61 Å². The number of rotatable bonds is 7. The van der Waals surface area contributed by atoms with Gasteiger partial charge in [-0.05, 0) is 31.7 Å². The van der Waals surface area contributed by atoms with Gasteiger partial charge in [-0.2, -0.15) is 0 Å². The van der Waals surface area contributed by atoms with E-state index in [2.05, 4.69) is 36.9 Å². The molecule has 1 aliphatic heterocycles. The van der Waals surface area contributed by atoms with Crippen LogP contribution >= 0.6 is 11.8 Å². The Hall–Kier alpha value is -1.54. The van der Waals surface area contributed by atoms with Crippen molar-refractivity contribution in [3.8, 4) is 0 Å². The molecule has 0 aromatic carbocycles. The third kappa shape index (κ3) is 5.23. The molecule has 1 atom stereocenters. The SMILES string of the molecule is CSc1ncc(CN2CCN(Cc3cccc(C)n3)C(CCO)C2)cn1. The molecule has 1 saturated heterocycles. The highest BCUT2D eigenvalue weighted by molar-refractivity contribution is 7.98. The fourth-order valence-corrected chi connectivity index (χ4v) is 3.73. The number of aryl methyl sites for hydroxylation is 1. The second-order valence-electron chi connectivity index (χ2n) is 6.72. The second kappa shape index (κ2) is 9.41. The summed E-state index contributed by atoms with van der Waals surface area (Å²) >= 11 is 1.56. The van der Waals surface area contributed by atoms with E-state index >= 15 is 0 Å². The number of aliphatic hydroxyl groups excluding tert-OH is 1. The second-order valence-corrected chi connectivity index (χ2v) is 7.49. The molecular weight excluding hydrogens is 346 g/mol. The predicted molar refractivity (Wildman–Crippen MR) is 104 cm³/mol. The van der Waals surface area contributed by atoms with E-state index in [9.17, 15) is 5.11 Å². The lowest BCUT2D eigenvalue weighted by atomic mass is 10.1. The third-order valence-corrected chi connectivity index (χ3v) is 5.31. The molecule has 2 aromatic heterocycles. The van der Waals surface area contributed by atoms with Gasteiger partial charge in [0.05, 0.1) is 5.69 Å². The average Bonchev–Trinajstić information content (AvgIpc) is 2.65. The Bertz CT molecular complexity index is 697. The van der Waals surface area contributed by atoms with Crippen LogP contribution in [0.25, 0.3) is 0 Å². The first kappa shape index (κ1) is 19.2. The van der Waals surface area contributed by atoms with Crippen molar-refractivity contribution in [1.29, 1.82) is 0 Å². The summed E-state index contributed by atoms with van der Waals surface area (Å²) in [7, 11) is 0. The summed E-state index contributed by atoms with van der Waals surface area (Å²) in [6, 6.07) is 6.51. The summed E-state index contributed by atoms with van der Waals surface area (Å²) in [6.45, 7) is 6.84.